The molecular formula is C16H25N3O3. The maximum Gasteiger partial charge on any atom is 0.408 e. The van der Waals surface area contributed by atoms with Crippen molar-refractivity contribution >= 4 is 12.0 Å². The number of carbonyl (C=O) groups excluding carboxylic acids is 2. The van der Waals surface area contributed by atoms with E-state index in [2.05, 4.69) is 11.4 Å². The molecule has 0 aromatic carbocycles. The molecule has 0 spiro atoms. The lowest BCUT2D eigenvalue weighted by Crippen LogP contribution is -2.53. The first-order valence-electron chi connectivity index (χ1n) is 7.56. The van der Waals surface area contributed by atoms with Gasteiger partial charge in [-0.05, 0) is 32.8 Å². The molecule has 0 unspecified atom stereocenters. The molecule has 122 valence electrons. The van der Waals surface area contributed by atoms with E-state index in [0.717, 1.165) is 6.42 Å². The van der Waals surface area contributed by atoms with E-state index in [1.54, 1.807) is 32.9 Å². The largest absolute Gasteiger partial charge is 0.444 e. The van der Waals surface area contributed by atoms with Gasteiger partial charge in [0.1, 0.15) is 17.7 Å². The van der Waals surface area contributed by atoms with Crippen LogP contribution in [-0.2, 0) is 9.53 Å². The second kappa shape index (κ2) is 7.30. The molecule has 0 saturated heterocycles. The van der Waals surface area contributed by atoms with Crippen molar-refractivity contribution in [3.05, 3.63) is 12.2 Å². The molecule has 0 bridgehead atoms. The maximum atomic E-state index is 12.7. The predicted molar refractivity (Wildman–Crippen MR) is 82.9 cm³/mol. The highest BCUT2D eigenvalue weighted by atomic mass is 16.6. The van der Waals surface area contributed by atoms with E-state index in [1.807, 2.05) is 13.8 Å². The third kappa shape index (κ3) is 4.76. The lowest BCUT2D eigenvalue weighted by Gasteiger charge is -2.30. The van der Waals surface area contributed by atoms with E-state index in [9.17, 15) is 9.59 Å². The highest BCUT2D eigenvalue weighted by molar-refractivity contribution is 5.87. The van der Waals surface area contributed by atoms with Crippen LogP contribution in [0.1, 0.15) is 41.0 Å². The standard InChI is InChI=1S/C16H25N3O3/c1-6-11(2)13(18-15(21)22-16(3,4)5)14(20)19-9-7-8-12(19)10-17/h7-8,11-13H,6,9H2,1-5H3,(H,18,21)/t11-,12-,13-/m0/s1. The van der Waals surface area contributed by atoms with Crippen LogP contribution in [0.15, 0.2) is 12.2 Å². The first-order chi connectivity index (χ1) is 10.2. The number of rotatable bonds is 4. The van der Waals surface area contributed by atoms with Crippen LogP contribution in [0, 0.1) is 17.2 Å². The number of alkyl carbamates (subject to hydrolysis) is 1. The smallest absolute Gasteiger partial charge is 0.408 e. The third-order valence-electron chi connectivity index (χ3n) is 3.52. The van der Waals surface area contributed by atoms with Gasteiger partial charge in [-0.1, -0.05) is 26.3 Å². The maximum absolute atomic E-state index is 12.7. The quantitative estimate of drug-likeness (QED) is 0.807. The molecule has 6 heteroatoms. The summed E-state index contributed by atoms with van der Waals surface area (Å²) >= 11 is 0. The molecule has 0 aliphatic carbocycles. The minimum absolute atomic E-state index is 0.0556. The Kier molecular flexibility index (Phi) is 5.98. The van der Waals surface area contributed by atoms with Crippen LogP contribution in [0.5, 0.6) is 0 Å². The normalized spacial score (nSPS) is 20.2. The zero-order valence-corrected chi connectivity index (χ0v) is 13.9. The van der Waals surface area contributed by atoms with E-state index in [0.29, 0.717) is 6.54 Å². The summed E-state index contributed by atoms with van der Waals surface area (Å²) in [4.78, 5) is 26.1. The van der Waals surface area contributed by atoms with Gasteiger partial charge in [-0.15, -0.1) is 0 Å². The van der Waals surface area contributed by atoms with Crippen molar-refractivity contribution in [1.29, 1.82) is 5.26 Å². The van der Waals surface area contributed by atoms with Crippen molar-refractivity contribution in [2.24, 2.45) is 5.92 Å². The van der Waals surface area contributed by atoms with Gasteiger partial charge in [0, 0.05) is 6.54 Å². The van der Waals surface area contributed by atoms with Gasteiger partial charge in [0.05, 0.1) is 6.07 Å². The Morgan fingerprint density at radius 1 is 1.50 bits per heavy atom. The van der Waals surface area contributed by atoms with Gasteiger partial charge in [-0.3, -0.25) is 4.79 Å². The summed E-state index contributed by atoms with van der Waals surface area (Å²) < 4.78 is 5.23. The molecule has 2 amide bonds. The third-order valence-corrected chi connectivity index (χ3v) is 3.52. The molecule has 1 rings (SSSR count). The highest BCUT2D eigenvalue weighted by Crippen LogP contribution is 2.17. The molecule has 0 saturated carbocycles. The van der Waals surface area contributed by atoms with E-state index in [-0.39, 0.29) is 11.8 Å². The number of nitrogens with one attached hydrogen (secondary N) is 1. The Bertz CT molecular complexity index is 488. The van der Waals surface area contributed by atoms with Gasteiger partial charge in [0.25, 0.3) is 0 Å². The average molecular weight is 307 g/mol. The zero-order valence-electron chi connectivity index (χ0n) is 13.9. The number of hydrogen-bond donors (Lipinski definition) is 1. The van der Waals surface area contributed by atoms with Crippen molar-refractivity contribution in [2.75, 3.05) is 6.54 Å². The van der Waals surface area contributed by atoms with Crippen molar-refractivity contribution in [3.8, 4) is 6.07 Å². The molecule has 22 heavy (non-hydrogen) atoms. The molecular weight excluding hydrogens is 282 g/mol. The van der Waals surface area contributed by atoms with Gasteiger partial charge in [-0.2, -0.15) is 5.26 Å². The predicted octanol–water partition coefficient (Wildman–Crippen LogP) is 2.22. The molecule has 0 fully saturated rings. The minimum Gasteiger partial charge on any atom is -0.444 e. The van der Waals surface area contributed by atoms with E-state index >= 15 is 0 Å². The molecule has 6 nitrogen and oxygen atoms in total. The monoisotopic (exact) mass is 307 g/mol. The number of hydrogen-bond acceptors (Lipinski definition) is 4. The molecule has 0 radical (unpaired) electrons. The van der Waals surface area contributed by atoms with Crippen LogP contribution >= 0.6 is 0 Å². The molecule has 0 aromatic heterocycles. The highest BCUT2D eigenvalue weighted by Gasteiger charge is 2.35. The van der Waals surface area contributed by atoms with Crippen LogP contribution in [0.3, 0.4) is 0 Å². The zero-order chi connectivity index (χ0) is 16.9. The Balaban J connectivity index is 2.83. The van der Waals surface area contributed by atoms with Crippen LogP contribution < -0.4 is 5.32 Å². The fourth-order valence-electron chi connectivity index (χ4n) is 2.16. The van der Waals surface area contributed by atoms with Crippen LogP contribution in [-0.4, -0.2) is 41.1 Å². The fourth-order valence-corrected chi connectivity index (χ4v) is 2.16. The molecule has 1 N–H and O–H groups in total. The van der Waals surface area contributed by atoms with Crippen molar-refractivity contribution in [1.82, 2.24) is 10.2 Å². The second-order valence-electron chi connectivity index (χ2n) is 6.50. The molecule has 1 heterocycles. The molecule has 1 aliphatic rings. The Morgan fingerprint density at radius 3 is 2.64 bits per heavy atom. The lowest BCUT2D eigenvalue weighted by molar-refractivity contribution is -0.134. The number of ether oxygens (including phenoxy) is 1. The van der Waals surface area contributed by atoms with E-state index in [4.69, 9.17) is 10.00 Å². The fraction of sp³-hybridized carbons (Fsp3) is 0.688. The van der Waals surface area contributed by atoms with Crippen LogP contribution in [0.2, 0.25) is 0 Å². The topological polar surface area (TPSA) is 82.4 Å². The van der Waals surface area contributed by atoms with Crippen LogP contribution in [0.4, 0.5) is 4.79 Å². The van der Waals surface area contributed by atoms with Gasteiger partial charge < -0.3 is 15.0 Å². The second-order valence-corrected chi connectivity index (χ2v) is 6.50. The van der Waals surface area contributed by atoms with Gasteiger partial charge in [-0.25, -0.2) is 4.79 Å². The van der Waals surface area contributed by atoms with Gasteiger partial charge in [0.15, 0.2) is 0 Å². The summed E-state index contributed by atoms with van der Waals surface area (Å²) in [6, 6.07) is 0.804. The Morgan fingerprint density at radius 2 is 2.14 bits per heavy atom. The summed E-state index contributed by atoms with van der Waals surface area (Å²) in [6.45, 7) is 9.53. The number of nitriles is 1. The SMILES string of the molecule is CC[C@H](C)[C@H](NC(=O)OC(C)(C)C)C(=O)N1CC=C[C@H]1C#N. The van der Waals surface area contributed by atoms with Crippen molar-refractivity contribution < 1.29 is 14.3 Å². The van der Waals surface area contributed by atoms with E-state index in [1.165, 1.54) is 4.90 Å². The summed E-state index contributed by atoms with van der Waals surface area (Å²) in [5, 5.41) is 11.7. The van der Waals surface area contributed by atoms with Crippen molar-refractivity contribution in [2.45, 2.75) is 58.7 Å². The number of nitrogens with zero attached hydrogens (tertiary/aromatic N) is 2. The van der Waals surface area contributed by atoms with Crippen molar-refractivity contribution in [3.63, 3.8) is 0 Å². The summed E-state index contributed by atoms with van der Waals surface area (Å²) in [5.41, 5.74) is -0.627. The summed E-state index contributed by atoms with van der Waals surface area (Å²) in [5.74, 6) is -0.309. The average Bonchev–Trinajstić information content (AvgIpc) is 2.89. The van der Waals surface area contributed by atoms with Crippen LogP contribution in [0.25, 0.3) is 0 Å². The lowest BCUT2D eigenvalue weighted by atomic mass is 9.97. The number of carbonyl (C=O) groups is 2. The molecule has 3 atom stereocenters. The van der Waals surface area contributed by atoms with E-state index < -0.39 is 23.8 Å². The summed E-state index contributed by atoms with van der Waals surface area (Å²) in [7, 11) is 0. The first-order valence-corrected chi connectivity index (χ1v) is 7.56. The first kappa shape index (κ1) is 18.0. The van der Waals surface area contributed by atoms with Gasteiger partial charge in [0.2, 0.25) is 5.91 Å². The minimum atomic E-state index is -0.699. The molecule has 1 aliphatic heterocycles. The Hall–Kier alpha value is -2.03. The van der Waals surface area contributed by atoms with Gasteiger partial charge >= 0.3 is 6.09 Å². The molecule has 0 aromatic rings. The number of amides is 2. The Labute approximate surface area is 132 Å². The summed E-state index contributed by atoms with van der Waals surface area (Å²) in [6.07, 6.45) is 3.59.